The van der Waals surface area contributed by atoms with Gasteiger partial charge in [-0.1, -0.05) is 22.0 Å². The molecule has 1 heterocycles. The van der Waals surface area contributed by atoms with Crippen LogP contribution in [0, 0.1) is 6.92 Å². The van der Waals surface area contributed by atoms with Crippen molar-refractivity contribution < 1.29 is 4.79 Å². The summed E-state index contributed by atoms with van der Waals surface area (Å²) in [4.78, 5) is 12.1. The van der Waals surface area contributed by atoms with Crippen LogP contribution >= 0.6 is 15.9 Å². The molecule has 0 bridgehead atoms. The minimum absolute atomic E-state index is 0.173. The third-order valence-electron chi connectivity index (χ3n) is 3.01. The number of carbonyl (C=O) groups excluding carboxylic acids is 1. The molecule has 2 aromatic rings. The molecule has 1 aromatic heterocycles. The Morgan fingerprint density at radius 3 is 2.78 bits per heavy atom. The molecule has 0 aliphatic heterocycles. The summed E-state index contributed by atoms with van der Waals surface area (Å²) in [5.41, 5.74) is 2.94. The number of carbonyl (C=O) groups is 1. The zero-order chi connectivity index (χ0) is 13.1. The van der Waals surface area contributed by atoms with Crippen molar-refractivity contribution in [3.8, 4) is 0 Å². The SMILES string of the molecule is Cc1cc(C(=O)CCc2ccnn2C)ccc1Br. The van der Waals surface area contributed by atoms with Gasteiger partial charge in [0.15, 0.2) is 5.78 Å². The molecule has 18 heavy (non-hydrogen) atoms. The number of benzene rings is 1. The molecule has 0 spiro atoms. The molecule has 0 radical (unpaired) electrons. The highest BCUT2D eigenvalue weighted by atomic mass is 79.9. The number of rotatable bonds is 4. The van der Waals surface area contributed by atoms with Gasteiger partial charge in [0.1, 0.15) is 0 Å². The van der Waals surface area contributed by atoms with Gasteiger partial charge in [-0.25, -0.2) is 0 Å². The molecule has 94 valence electrons. The fourth-order valence-corrected chi connectivity index (χ4v) is 2.10. The normalized spacial score (nSPS) is 10.6. The van der Waals surface area contributed by atoms with E-state index in [0.717, 1.165) is 27.7 Å². The molecule has 0 aliphatic carbocycles. The van der Waals surface area contributed by atoms with Gasteiger partial charge in [-0.2, -0.15) is 5.10 Å². The highest BCUT2D eigenvalue weighted by molar-refractivity contribution is 9.10. The Kier molecular flexibility index (Phi) is 3.97. The number of halogens is 1. The summed E-state index contributed by atoms with van der Waals surface area (Å²) in [5.74, 6) is 0.173. The summed E-state index contributed by atoms with van der Waals surface area (Å²) >= 11 is 3.44. The molecule has 3 nitrogen and oxygen atoms in total. The van der Waals surface area contributed by atoms with Crippen LogP contribution in [0.15, 0.2) is 34.9 Å². The number of hydrogen-bond acceptors (Lipinski definition) is 2. The van der Waals surface area contributed by atoms with Gasteiger partial charge in [-0.3, -0.25) is 9.48 Å². The lowest BCUT2D eigenvalue weighted by atomic mass is 10.0. The van der Waals surface area contributed by atoms with Crippen molar-refractivity contribution in [1.29, 1.82) is 0 Å². The quantitative estimate of drug-likeness (QED) is 0.812. The lowest BCUT2D eigenvalue weighted by molar-refractivity contribution is 0.0982. The number of nitrogens with zero attached hydrogens (tertiary/aromatic N) is 2. The van der Waals surface area contributed by atoms with E-state index >= 15 is 0 Å². The van der Waals surface area contributed by atoms with E-state index in [1.807, 2.05) is 38.2 Å². The molecule has 2 rings (SSSR count). The van der Waals surface area contributed by atoms with Crippen molar-refractivity contribution in [2.24, 2.45) is 7.05 Å². The van der Waals surface area contributed by atoms with Crippen molar-refractivity contribution in [3.63, 3.8) is 0 Å². The standard InChI is InChI=1S/C14H15BrN2O/c1-10-9-11(3-5-13(10)15)14(18)6-4-12-7-8-16-17(12)2/h3,5,7-9H,4,6H2,1-2H3. The van der Waals surface area contributed by atoms with Crippen LogP contribution in [0.4, 0.5) is 0 Å². The Morgan fingerprint density at radius 2 is 2.17 bits per heavy atom. The summed E-state index contributed by atoms with van der Waals surface area (Å²) in [6.45, 7) is 1.99. The number of hydrogen-bond donors (Lipinski definition) is 0. The second kappa shape index (κ2) is 5.48. The maximum Gasteiger partial charge on any atom is 0.163 e. The van der Waals surface area contributed by atoms with Gasteiger partial charge in [-0.05, 0) is 37.1 Å². The fraction of sp³-hybridized carbons (Fsp3) is 0.286. The molecule has 1 aromatic carbocycles. The molecule has 4 heteroatoms. The van der Waals surface area contributed by atoms with Crippen molar-refractivity contribution in [1.82, 2.24) is 9.78 Å². The highest BCUT2D eigenvalue weighted by Gasteiger charge is 2.08. The molecule has 0 amide bonds. The molecule has 0 aliphatic rings. The van der Waals surface area contributed by atoms with E-state index in [1.54, 1.807) is 10.9 Å². The molecule has 0 saturated heterocycles. The lowest BCUT2D eigenvalue weighted by Gasteiger charge is -2.04. The first kappa shape index (κ1) is 13.0. The third kappa shape index (κ3) is 2.88. The van der Waals surface area contributed by atoms with Crippen LogP contribution in [0.2, 0.25) is 0 Å². The molecule has 0 unspecified atom stereocenters. The maximum absolute atomic E-state index is 12.1. The Labute approximate surface area is 115 Å². The van der Waals surface area contributed by atoms with Crippen molar-refractivity contribution in [2.45, 2.75) is 19.8 Å². The molecule has 0 N–H and O–H groups in total. The number of aryl methyl sites for hydroxylation is 3. The first-order valence-corrected chi connectivity index (χ1v) is 6.63. The average Bonchev–Trinajstić information content (AvgIpc) is 2.75. The average molecular weight is 307 g/mol. The van der Waals surface area contributed by atoms with Crippen LogP contribution in [0.5, 0.6) is 0 Å². The third-order valence-corrected chi connectivity index (χ3v) is 3.90. The minimum atomic E-state index is 0.173. The largest absolute Gasteiger partial charge is 0.294 e. The monoisotopic (exact) mass is 306 g/mol. The van der Waals surface area contributed by atoms with Gasteiger partial charge < -0.3 is 0 Å². The van der Waals surface area contributed by atoms with E-state index in [0.29, 0.717) is 6.42 Å². The van der Waals surface area contributed by atoms with Crippen LogP contribution in [0.1, 0.15) is 28.0 Å². The van der Waals surface area contributed by atoms with E-state index in [1.165, 1.54) is 0 Å². The summed E-state index contributed by atoms with van der Waals surface area (Å²) < 4.78 is 2.84. The number of aromatic nitrogens is 2. The van der Waals surface area contributed by atoms with Crippen LogP contribution in [0.25, 0.3) is 0 Å². The Bertz CT molecular complexity index is 575. The van der Waals surface area contributed by atoms with Crippen molar-refractivity contribution in [2.75, 3.05) is 0 Å². The van der Waals surface area contributed by atoms with Crippen LogP contribution in [-0.2, 0) is 13.5 Å². The van der Waals surface area contributed by atoms with Gasteiger partial charge in [-0.15, -0.1) is 0 Å². The topological polar surface area (TPSA) is 34.9 Å². The summed E-state index contributed by atoms with van der Waals surface area (Å²) in [5, 5.41) is 4.09. The Balaban J connectivity index is 2.04. The number of Topliss-reactive ketones (excluding diaryl/α,β-unsaturated/α-hetero) is 1. The summed E-state index contributed by atoms with van der Waals surface area (Å²) in [6, 6.07) is 7.66. The van der Waals surface area contributed by atoms with Crippen molar-refractivity contribution >= 4 is 21.7 Å². The Morgan fingerprint density at radius 1 is 1.39 bits per heavy atom. The summed E-state index contributed by atoms with van der Waals surface area (Å²) in [7, 11) is 1.89. The van der Waals surface area contributed by atoms with E-state index in [9.17, 15) is 4.79 Å². The molecule has 0 saturated carbocycles. The lowest BCUT2D eigenvalue weighted by Crippen LogP contribution is -2.05. The smallest absolute Gasteiger partial charge is 0.163 e. The maximum atomic E-state index is 12.1. The minimum Gasteiger partial charge on any atom is -0.294 e. The first-order chi connectivity index (χ1) is 8.58. The molecular formula is C14H15BrN2O. The first-order valence-electron chi connectivity index (χ1n) is 5.84. The summed E-state index contributed by atoms with van der Waals surface area (Å²) in [6.07, 6.45) is 2.99. The van der Waals surface area contributed by atoms with Gasteiger partial charge in [0, 0.05) is 35.4 Å². The van der Waals surface area contributed by atoms with Crippen LogP contribution in [0.3, 0.4) is 0 Å². The van der Waals surface area contributed by atoms with E-state index in [4.69, 9.17) is 0 Å². The van der Waals surface area contributed by atoms with E-state index < -0.39 is 0 Å². The molecule has 0 fully saturated rings. The zero-order valence-electron chi connectivity index (χ0n) is 10.5. The molecular weight excluding hydrogens is 292 g/mol. The van der Waals surface area contributed by atoms with E-state index in [-0.39, 0.29) is 5.78 Å². The second-order valence-electron chi connectivity index (χ2n) is 4.33. The molecule has 0 atom stereocenters. The van der Waals surface area contributed by atoms with Gasteiger partial charge >= 0.3 is 0 Å². The number of ketones is 1. The predicted molar refractivity (Wildman–Crippen MR) is 74.7 cm³/mol. The van der Waals surface area contributed by atoms with Gasteiger partial charge in [0.2, 0.25) is 0 Å². The zero-order valence-corrected chi connectivity index (χ0v) is 12.1. The highest BCUT2D eigenvalue weighted by Crippen LogP contribution is 2.18. The van der Waals surface area contributed by atoms with Gasteiger partial charge in [0.25, 0.3) is 0 Å². The van der Waals surface area contributed by atoms with Crippen LogP contribution in [-0.4, -0.2) is 15.6 Å². The predicted octanol–water partition coefficient (Wildman–Crippen LogP) is 3.31. The van der Waals surface area contributed by atoms with Crippen LogP contribution < -0.4 is 0 Å². The van der Waals surface area contributed by atoms with Crippen molar-refractivity contribution in [3.05, 3.63) is 51.8 Å². The Hall–Kier alpha value is -1.42. The van der Waals surface area contributed by atoms with Gasteiger partial charge in [0.05, 0.1) is 0 Å². The second-order valence-corrected chi connectivity index (χ2v) is 5.19. The van der Waals surface area contributed by atoms with E-state index in [2.05, 4.69) is 21.0 Å². The fourth-order valence-electron chi connectivity index (χ4n) is 1.85.